The van der Waals surface area contributed by atoms with Crippen molar-refractivity contribution in [3.05, 3.63) is 11.4 Å². The minimum atomic E-state index is 0.0511. The number of aromatic nitrogens is 2. The molecule has 1 rings (SSSR count). The summed E-state index contributed by atoms with van der Waals surface area (Å²) in [5.74, 6) is 7.84. The molecule has 20 heavy (non-hydrogen) atoms. The maximum atomic E-state index is 9.23. The van der Waals surface area contributed by atoms with E-state index in [0.717, 1.165) is 17.2 Å². The van der Waals surface area contributed by atoms with Crippen molar-refractivity contribution in [2.24, 2.45) is 5.84 Å². The number of hydrazine groups is 1. The molecule has 1 aromatic heterocycles. The molecular weight excluding hydrogens is 258 g/mol. The second kappa shape index (κ2) is 7.98. The van der Waals surface area contributed by atoms with Crippen molar-refractivity contribution in [1.82, 2.24) is 9.97 Å². The Bertz CT molecular complexity index is 425. The molecule has 0 saturated heterocycles. The molecule has 7 nitrogen and oxygen atoms in total. The first-order valence-corrected chi connectivity index (χ1v) is 6.75. The molecule has 0 spiro atoms. The number of ether oxygens (including phenoxy) is 1. The fraction of sp³-hybridized carbons (Fsp3) is 0.692. The van der Waals surface area contributed by atoms with Crippen LogP contribution in [0, 0.1) is 6.92 Å². The molecule has 0 aromatic carbocycles. The summed E-state index contributed by atoms with van der Waals surface area (Å²) in [6, 6.07) is 0. The van der Waals surface area contributed by atoms with Crippen molar-refractivity contribution >= 4 is 11.6 Å². The van der Waals surface area contributed by atoms with Gasteiger partial charge in [-0.1, -0.05) is 13.8 Å². The fourth-order valence-electron chi connectivity index (χ4n) is 1.87. The van der Waals surface area contributed by atoms with Crippen molar-refractivity contribution in [2.45, 2.75) is 26.7 Å². The van der Waals surface area contributed by atoms with Gasteiger partial charge in [-0.05, 0) is 6.92 Å². The van der Waals surface area contributed by atoms with E-state index in [0.29, 0.717) is 25.5 Å². The van der Waals surface area contributed by atoms with Crippen LogP contribution in [0.25, 0.3) is 0 Å². The summed E-state index contributed by atoms with van der Waals surface area (Å²) in [4.78, 5) is 11.0. The summed E-state index contributed by atoms with van der Waals surface area (Å²) in [5.41, 5.74) is 3.47. The van der Waals surface area contributed by atoms with E-state index in [-0.39, 0.29) is 12.5 Å². The van der Waals surface area contributed by atoms with Crippen LogP contribution in [0.5, 0.6) is 0 Å². The van der Waals surface area contributed by atoms with Crippen molar-refractivity contribution in [2.75, 3.05) is 43.7 Å². The molecule has 114 valence electrons. The van der Waals surface area contributed by atoms with E-state index in [1.54, 1.807) is 7.11 Å². The third kappa shape index (κ3) is 4.03. The standard InChI is InChI=1S/C13H25N5O2/c1-9(2)11-15-12(17-14)10(3)13(16-11)18(5-7-19)6-8-20-4/h9,19H,5-8,14H2,1-4H3,(H,15,16,17). The highest BCUT2D eigenvalue weighted by molar-refractivity contribution is 5.58. The van der Waals surface area contributed by atoms with Crippen LogP contribution >= 0.6 is 0 Å². The number of aliphatic hydroxyl groups is 1. The first kappa shape index (κ1) is 16.6. The monoisotopic (exact) mass is 283 g/mol. The van der Waals surface area contributed by atoms with Crippen LogP contribution in [0.2, 0.25) is 0 Å². The Balaban J connectivity index is 3.19. The number of hydrogen-bond donors (Lipinski definition) is 3. The number of nitrogens with two attached hydrogens (primary N) is 1. The van der Waals surface area contributed by atoms with Crippen molar-refractivity contribution in [3.8, 4) is 0 Å². The Morgan fingerprint density at radius 1 is 1.35 bits per heavy atom. The lowest BCUT2D eigenvalue weighted by molar-refractivity contribution is 0.202. The molecule has 1 heterocycles. The zero-order chi connectivity index (χ0) is 15.1. The van der Waals surface area contributed by atoms with Crippen LogP contribution < -0.4 is 16.2 Å². The molecule has 0 aliphatic carbocycles. The molecule has 0 aliphatic heterocycles. The topological polar surface area (TPSA) is 96.5 Å². The van der Waals surface area contributed by atoms with Crippen LogP contribution in [0.15, 0.2) is 0 Å². The van der Waals surface area contributed by atoms with Gasteiger partial charge in [-0.15, -0.1) is 0 Å². The first-order valence-electron chi connectivity index (χ1n) is 6.75. The van der Waals surface area contributed by atoms with Gasteiger partial charge in [0.25, 0.3) is 0 Å². The second-order valence-electron chi connectivity index (χ2n) is 4.88. The van der Waals surface area contributed by atoms with E-state index < -0.39 is 0 Å². The van der Waals surface area contributed by atoms with Gasteiger partial charge >= 0.3 is 0 Å². The molecule has 0 radical (unpaired) electrons. The first-order chi connectivity index (χ1) is 9.54. The molecule has 0 aliphatic rings. The van der Waals surface area contributed by atoms with Gasteiger partial charge in [0.1, 0.15) is 17.5 Å². The number of nitrogens with one attached hydrogen (secondary N) is 1. The van der Waals surface area contributed by atoms with Gasteiger partial charge in [0.05, 0.1) is 13.2 Å². The fourth-order valence-corrected chi connectivity index (χ4v) is 1.87. The summed E-state index contributed by atoms with van der Waals surface area (Å²) in [7, 11) is 1.65. The Labute approximate surface area is 120 Å². The van der Waals surface area contributed by atoms with Gasteiger partial charge < -0.3 is 20.2 Å². The van der Waals surface area contributed by atoms with Crippen LogP contribution in [0.4, 0.5) is 11.6 Å². The highest BCUT2D eigenvalue weighted by Gasteiger charge is 2.17. The largest absolute Gasteiger partial charge is 0.395 e. The van der Waals surface area contributed by atoms with Crippen molar-refractivity contribution < 1.29 is 9.84 Å². The molecule has 4 N–H and O–H groups in total. The van der Waals surface area contributed by atoms with Crippen molar-refractivity contribution in [1.29, 1.82) is 0 Å². The summed E-state index contributed by atoms with van der Waals surface area (Å²) >= 11 is 0. The zero-order valence-corrected chi connectivity index (χ0v) is 12.7. The Morgan fingerprint density at radius 3 is 2.55 bits per heavy atom. The van der Waals surface area contributed by atoms with E-state index >= 15 is 0 Å². The highest BCUT2D eigenvalue weighted by atomic mass is 16.5. The molecule has 1 aromatic rings. The Hall–Kier alpha value is -1.44. The van der Waals surface area contributed by atoms with Crippen LogP contribution in [0.1, 0.15) is 31.2 Å². The van der Waals surface area contributed by atoms with Gasteiger partial charge in [-0.25, -0.2) is 15.8 Å². The molecule has 0 atom stereocenters. The number of nitrogens with zero attached hydrogens (tertiary/aromatic N) is 3. The third-order valence-corrected chi connectivity index (χ3v) is 3.03. The number of rotatable bonds is 8. The summed E-state index contributed by atoms with van der Waals surface area (Å²) in [6.45, 7) is 7.72. The normalized spacial score (nSPS) is 10.9. The average molecular weight is 283 g/mol. The predicted octanol–water partition coefficient (Wildman–Crippen LogP) is 0.639. The molecule has 7 heteroatoms. The lowest BCUT2D eigenvalue weighted by Gasteiger charge is -2.26. The number of aliphatic hydroxyl groups excluding tert-OH is 1. The van der Waals surface area contributed by atoms with Gasteiger partial charge in [-0.3, -0.25) is 0 Å². The molecule has 0 unspecified atom stereocenters. The average Bonchev–Trinajstić information content (AvgIpc) is 2.43. The molecular formula is C13H25N5O2. The minimum absolute atomic E-state index is 0.0511. The molecule has 0 fully saturated rings. The number of anilines is 2. The number of methoxy groups -OCH3 is 1. The predicted molar refractivity (Wildman–Crippen MR) is 79.8 cm³/mol. The van der Waals surface area contributed by atoms with Crippen LogP contribution in [-0.4, -0.2) is 48.5 Å². The van der Waals surface area contributed by atoms with E-state index in [1.807, 2.05) is 25.7 Å². The molecule has 0 saturated carbocycles. The minimum Gasteiger partial charge on any atom is -0.395 e. The SMILES string of the molecule is COCCN(CCO)c1nc(C(C)C)nc(NN)c1C. The molecule has 0 bridgehead atoms. The Kier molecular flexibility index (Phi) is 6.63. The smallest absolute Gasteiger partial charge is 0.148 e. The zero-order valence-electron chi connectivity index (χ0n) is 12.7. The summed E-state index contributed by atoms with van der Waals surface area (Å²) < 4.78 is 5.11. The van der Waals surface area contributed by atoms with E-state index in [1.165, 1.54) is 0 Å². The maximum Gasteiger partial charge on any atom is 0.148 e. The van der Waals surface area contributed by atoms with Crippen LogP contribution in [-0.2, 0) is 4.74 Å². The second-order valence-corrected chi connectivity index (χ2v) is 4.88. The number of hydrogen-bond acceptors (Lipinski definition) is 7. The van der Waals surface area contributed by atoms with Gasteiger partial charge in [0.2, 0.25) is 0 Å². The summed E-state index contributed by atoms with van der Waals surface area (Å²) in [6.07, 6.45) is 0. The Morgan fingerprint density at radius 2 is 2.05 bits per heavy atom. The van der Waals surface area contributed by atoms with Gasteiger partial charge in [-0.2, -0.15) is 0 Å². The van der Waals surface area contributed by atoms with Crippen LogP contribution in [0.3, 0.4) is 0 Å². The third-order valence-electron chi connectivity index (χ3n) is 3.03. The lowest BCUT2D eigenvalue weighted by atomic mass is 10.2. The lowest BCUT2D eigenvalue weighted by Crippen LogP contribution is -2.32. The summed E-state index contributed by atoms with van der Waals surface area (Å²) in [5, 5.41) is 9.23. The van der Waals surface area contributed by atoms with E-state index in [4.69, 9.17) is 10.6 Å². The highest BCUT2D eigenvalue weighted by Crippen LogP contribution is 2.25. The molecule has 0 amide bonds. The van der Waals surface area contributed by atoms with Gasteiger partial charge in [0.15, 0.2) is 0 Å². The number of nitrogen functional groups attached to an aromatic ring is 1. The van der Waals surface area contributed by atoms with Crippen molar-refractivity contribution in [3.63, 3.8) is 0 Å². The van der Waals surface area contributed by atoms with Gasteiger partial charge in [0, 0.05) is 31.7 Å². The maximum absolute atomic E-state index is 9.23. The van der Waals surface area contributed by atoms with E-state index in [2.05, 4.69) is 15.4 Å². The quantitative estimate of drug-likeness (QED) is 0.476. The van der Waals surface area contributed by atoms with E-state index in [9.17, 15) is 5.11 Å².